The number of hydrogen-bond acceptors (Lipinski definition) is 1. The highest BCUT2D eigenvalue weighted by Gasteiger charge is 2.55. The van der Waals surface area contributed by atoms with Gasteiger partial charge in [-0.25, -0.2) is 0 Å². The molecule has 0 spiro atoms. The van der Waals surface area contributed by atoms with Crippen LogP contribution in [0.15, 0.2) is 0 Å². The first-order valence-corrected chi connectivity index (χ1v) is 5.64. The Bertz CT molecular complexity index is 161. The number of alkyl halides is 1. The predicted molar refractivity (Wildman–Crippen MR) is 56.1 cm³/mol. The summed E-state index contributed by atoms with van der Waals surface area (Å²) in [6.07, 6.45) is 0. The molecule has 1 aliphatic heterocycles. The maximum atomic E-state index is 2.62. The van der Waals surface area contributed by atoms with Crippen LogP contribution < -0.4 is 0 Å². The molecular weight excluding hydrogens is 249 g/mol. The van der Waals surface area contributed by atoms with Gasteiger partial charge in [-0.2, -0.15) is 0 Å². The summed E-state index contributed by atoms with van der Waals surface area (Å²) in [5, 5.41) is 0. The van der Waals surface area contributed by atoms with E-state index in [1.54, 1.807) is 0 Å². The van der Waals surface area contributed by atoms with E-state index in [4.69, 9.17) is 0 Å². The van der Waals surface area contributed by atoms with Crippen molar-refractivity contribution in [3.8, 4) is 0 Å². The van der Waals surface area contributed by atoms with Crippen LogP contribution in [0.3, 0.4) is 0 Å². The standard InChI is InChI=1S/C9H16IN/c1-9(2,3)11-4-6-7(5-11)8(6)10/h6-8H,4-5H2,1-3H3. The summed E-state index contributed by atoms with van der Waals surface area (Å²) in [6, 6.07) is 0. The third-order valence-electron chi connectivity index (χ3n) is 3.04. The summed E-state index contributed by atoms with van der Waals surface area (Å²) in [5.41, 5.74) is 0.407. The van der Waals surface area contributed by atoms with E-state index in [0.717, 1.165) is 15.8 Å². The Labute approximate surface area is 82.7 Å². The van der Waals surface area contributed by atoms with Gasteiger partial charge in [0.15, 0.2) is 0 Å². The molecule has 2 fully saturated rings. The number of rotatable bonds is 0. The Morgan fingerprint density at radius 2 is 1.64 bits per heavy atom. The van der Waals surface area contributed by atoms with Gasteiger partial charge in [0, 0.05) is 22.6 Å². The molecule has 0 N–H and O–H groups in total. The van der Waals surface area contributed by atoms with Crippen molar-refractivity contribution in [3.05, 3.63) is 0 Å². The molecule has 2 heteroatoms. The first-order chi connectivity index (χ1) is 5.00. The molecular formula is C9H16IN. The molecule has 2 rings (SSSR count). The van der Waals surface area contributed by atoms with Gasteiger partial charge >= 0.3 is 0 Å². The minimum Gasteiger partial charge on any atom is -0.298 e. The van der Waals surface area contributed by atoms with Crippen LogP contribution in [0.25, 0.3) is 0 Å². The van der Waals surface area contributed by atoms with Crippen LogP contribution in [0.1, 0.15) is 20.8 Å². The number of piperidine rings is 1. The van der Waals surface area contributed by atoms with E-state index in [1.807, 2.05) is 0 Å². The fourth-order valence-corrected chi connectivity index (χ4v) is 3.28. The fourth-order valence-electron chi connectivity index (χ4n) is 2.00. The molecule has 11 heavy (non-hydrogen) atoms. The number of nitrogens with zero attached hydrogens (tertiary/aromatic N) is 1. The second-order valence-corrected chi connectivity index (χ2v) is 6.29. The summed E-state index contributed by atoms with van der Waals surface area (Å²) < 4.78 is 1.01. The first-order valence-electron chi connectivity index (χ1n) is 4.39. The highest BCUT2D eigenvalue weighted by molar-refractivity contribution is 14.1. The fraction of sp³-hybridized carbons (Fsp3) is 1.00. The lowest BCUT2D eigenvalue weighted by Crippen LogP contribution is -2.41. The molecule has 2 atom stereocenters. The second-order valence-electron chi connectivity index (χ2n) is 4.85. The van der Waals surface area contributed by atoms with Crippen molar-refractivity contribution in [2.24, 2.45) is 11.8 Å². The Balaban J connectivity index is 1.95. The van der Waals surface area contributed by atoms with E-state index in [-0.39, 0.29) is 0 Å². The smallest absolute Gasteiger partial charge is 0.0197 e. The lowest BCUT2D eigenvalue weighted by atomic mass is 10.1. The van der Waals surface area contributed by atoms with E-state index in [1.165, 1.54) is 13.1 Å². The van der Waals surface area contributed by atoms with E-state index in [0.29, 0.717) is 5.54 Å². The highest BCUT2D eigenvalue weighted by Crippen LogP contribution is 2.52. The van der Waals surface area contributed by atoms with Crippen LogP contribution in [0.2, 0.25) is 0 Å². The van der Waals surface area contributed by atoms with Gasteiger partial charge < -0.3 is 0 Å². The van der Waals surface area contributed by atoms with Crippen LogP contribution in [0.4, 0.5) is 0 Å². The van der Waals surface area contributed by atoms with Crippen molar-refractivity contribution in [2.75, 3.05) is 13.1 Å². The molecule has 0 aromatic carbocycles. The molecule has 0 aromatic heterocycles. The van der Waals surface area contributed by atoms with Crippen molar-refractivity contribution in [2.45, 2.75) is 30.2 Å². The summed E-state index contributed by atoms with van der Waals surface area (Å²) >= 11 is 2.61. The van der Waals surface area contributed by atoms with Gasteiger partial charge in [0.1, 0.15) is 0 Å². The third-order valence-corrected chi connectivity index (χ3v) is 4.89. The zero-order valence-electron chi connectivity index (χ0n) is 7.47. The minimum absolute atomic E-state index is 0.407. The first kappa shape index (κ1) is 8.30. The van der Waals surface area contributed by atoms with E-state index >= 15 is 0 Å². The SMILES string of the molecule is CC(C)(C)N1CC2C(I)C2C1. The summed E-state index contributed by atoms with van der Waals surface area (Å²) in [5.74, 6) is 2.07. The molecule has 0 radical (unpaired) electrons. The Morgan fingerprint density at radius 1 is 1.18 bits per heavy atom. The van der Waals surface area contributed by atoms with Crippen molar-refractivity contribution in [1.82, 2.24) is 4.90 Å². The predicted octanol–water partition coefficient (Wildman–Crippen LogP) is 2.15. The highest BCUT2D eigenvalue weighted by atomic mass is 127. The van der Waals surface area contributed by atoms with E-state index in [9.17, 15) is 0 Å². The normalized spacial score (nSPS) is 44.2. The Kier molecular flexibility index (Phi) is 1.77. The van der Waals surface area contributed by atoms with Crippen LogP contribution in [-0.4, -0.2) is 27.5 Å². The topological polar surface area (TPSA) is 3.24 Å². The van der Waals surface area contributed by atoms with Gasteiger partial charge in [-0.15, -0.1) is 0 Å². The Hall–Kier alpha value is 0.690. The largest absolute Gasteiger partial charge is 0.298 e. The van der Waals surface area contributed by atoms with E-state index in [2.05, 4.69) is 48.3 Å². The molecule has 0 bridgehead atoms. The number of halogens is 1. The molecule has 1 heterocycles. The van der Waals surface area contributed by atoms with Gasteiger partial charge in [-0.3, -0.25) is 4.90 Å². The molecule has 1 saturated heterocycles. The van der Waals surface area contributed by atoms with Crippen LogP contribution >= 0.6 is 22.6 Å². The lowest BCUT2D eigenvalue weighted by Gasteiger charge is -2.33. The zero-order chi connectivity index (χ0) is 8.22. The van der Waals surface area contributed by atoms with Gasteiger partial charge in [-0.05, 0) is 32.6 Å². The van der Waals surface area contributed by atoms with Gasteiger partial charge in [-0.1, -0.05) is 22.6 Å². The number of hydrogen-bond donors (Lipinski definition) is 0. The monoisotopic (exact) mass is 265 g/mol. The van der Waals surface area contributed by atoms with Crippen LogP contribution in [-0.2, 0) is 0 Å². The number of likely N-dealkylation sites (tertiary alicyclic amines) is 1. The minimum atomic E-state index is 0.407. The van der Waals surface area contributed by atoms with Crippen molar-refractivity contribution < 1.29 is 0 Å². The van der Waals surface area contributed by atoms with Crippen molar-refractivity contribution >= 4 is 22.6 Å². The van der Waals surface area contributed by atoms with Crippen LogP contribution in [0.5, 0.6) is 0 Å². The maximum absolute atomic E-state index is 2.62. The molecule has 1 nitrogen and oxygen atoms in total. The van der Waals surface area contributed by atoms with Gasteiger partial charge in [0.25, 0.3) is 0 Å². The molecule has 2 aliphatic rings. The lowest BCUT2D eigenvalue weighted by molar-refractivity contribution is 0.157. The Morgan fingerprint density at radius 3 is 2.00 bits per heavy atom. The second kappa shape index (κ2) is 2.34. The average molecular weight is 265 g/mol. The van der Waals surface area contributed by atoms with Crippen LogP contribution in [0, 0.1) is 11.8 Å². The van der Waals surface area contributed by atoms with Crippen molar-refractivity contribution in [3.63, 3.8) is 0 Å². The molecule has 64 valence electrons. The zero-order valence-corrected chi connectivity index (χ0v) is 9.63. The molecule has 0 aromatic rings. The van der Waals surface area contributed by atoms with Crippen molar-refractivity contribution in [1.29, 1.82) is 0 Å². The van der Waals surface area contributed by atoms with Gasteiger partial charge in [0.2, 0.25) is 0 Å². The molecule has 2 unspecified atom stereocenters. The molecule has 0 amide bonds. The molecule has 1 saturated carbocycles. The summed E-state index contributed by atoms with van der Waals surface area (Å²) in [7, 11) is 0. The summed E-state index contributed by atoms with van der Waals surface area (Å²) in [6.45, 7) is 9.66. The maximum Gasteiger partial charge on any atom is 0.0197 e. The van der Waals surface area contributed by atoms with Gasteiger partial charge in [0.05, 0.1) is 0 Å². The average Bonchev–Trinajstić information content (AvgIpc) is 2.39. The third kappa shape index (κ3) is 1.32. The van der Waals surface area contributed by atoms with E-state index < -0.39 is 0 Å². The quantitative estimate of drug-likeness (QED) is 0.479. The number of fused-ring (bicyclic) bond motifs is 1. The summed E-state index contributed by atoms with van der Waals surface area (Å²) in [4.78, 5) is 2.62. The molecule has 1 aliphatic carbocycles.